The van der Waals surface area contributed by atoms with E-state index in [1.807, 2.05) is 0 Å². The number of aromatic hydroxyl groups is 1. The van der Waals surface area contributed by atoms with Gasteiger partial charge in [0.15, 0.2) is 0 Å². The van der Waals surface area contributed by atoms with E-state index in [4.69, 9.17) is 17.3 Å². The van der Waals surface area contributed by atoms with Crippen molar-refractivity contribution >= 4 is 40.5 Å². The van der Waals surface area contributed by atoms with Crippen LogP contribution in [0.4, 0.5) is 21.6 Å². The van der Waals surface area contributed by atoms with Gasteiger partial charge in [0.05, 0.1) is 5.69 Å². The molecule has 0 fully saturated rings. The van der Waals surface area contributed by atoms with Crippen LogP contribution in [0.2, 0.25) is 5.02 Å². The van der Waals surface area contributed by atoms with Crippen LogP contribution < -0.4 is 16.4 Å². The Labute approximate surface area is 202 Å². The zero-order chi connectivity index (χ0) is 24.7. The number of pyridine rings is 1. The molecule has 0 radical (unpaired) electrons. The lowest BCUT2D eigenvalue weighted by molar-refractivity contribution is -0.121. The minimum Gasteiger partial charge on any atom is -0.507 e. The van der Waals surface area contributed by atoms with Crippen molar-refractivity contribution in [2.75, 3.05) is 11.1 Å². The Bertz CT molecular complexity index is 1200. The molecular formula is C25H26ClFN4O3. The number of nitrogens with one attached hydrogen (secondary N) is 2. The standard InChI is InChI=1S/C25H26ClFN4O3/c1-15(32)3-2-4-24(34)29-14-16-5-8-22(31-25(16)28)20-12-19(7-10-23(20)33)30-21-9-6-18(26)11-17(21)13-27/h5-12,30,33H,2-4,13-14H2,1H3,(H2,28,31)(H,29,34). The molecular weight excluding hydrogens is 459 g/mol. The Morgan fingerprint density at radius 2 is 1.88 bits per heavy atom. The summed E-state index contributed by atoms with van der Waals surface area (Å²) in [4.78, 5) is 27.3. The highest BCUT2D eigenvalue weighted by molar-refractivity contribution is 6.30. The number of anilines is 3. The largest absolute Gasteiger partial charge is 0.507 e. The molecule has 0 spiro atoms. The molecule has 2 aromatic carbocycles. The van der Waals surface area contributed by atoms with E-state index < -0.39 is 6.67 Å². The van der Waals surface area contributed by atoms with Gasteiger partial charge in [0.1, 0.15) is 24.0 Å². The highest BCUT2D eigenvalue weighted by Gasteiger charge is 2.12. The van der Waals surface area contributed by atoms with Crippen LogP contribution in [0.15, 0.2) is 48.5 Å². The lowest BCUT2D eigenvalue weighted by Gasteiger charge is -2.14. The molecule has 178 valence electrons. The number of Topliss-reactive ketones (excluding diaryl/α,β-unsaturated/α-hetero) is 1. The highest BCUT2D eigenvalue weighted by atomic mass is 35.5. The predicted octanol–water partition coefficient (Wildman–Crippen LogP) is 5.28. The Balaban J connectivity index is 1.73. The average Bonchev–Trinajstić information content (AvgIpc) is 2.80. The summed E-state index contributed by atoms with van der Waals surface area (Å²) in [5.74, 6) is 0.105. The molecule has 0 saturated carbocycles. The number of alkyl halides is 1. The number of rotatable bonds is 10. The van der Waals surface area contributed by atoms with Crippen LogP contribution in [-0.2, 0) is 22.8 Å². The second kappa shape index (κ2) is 11.5. The second-order valence-corrected chi connectivity index (χ2v) is 8.30. The van der Waals surface area contributed by atoms with Gasteiger partial charge in [-0.1, -0.05) is 17.7 Å². The minimum absolute atomic E-state index is 0.00537. The number of phenolic OH excluding ortho intramolecular Hbond substituents is 1. The number of nitrogens with two attached hydrogens (primary N) is 1. The molecule has 9 heteroatoms. The highest BCUT2D eigenvalue weighted by Crippen LogP contribution is 2.33. The smallest absolute Gasteiger partial charge is 0.220 e. The molecule has 0 unspecified atom stereocenters. The molecule has 7 nitrogen and oxygen atoms in total. The first-order chi connectivity index (χ1) is 16.3. The topological polar surface area (TPSA) is 117 Å². The maximum absolute atomic E-state index is 13.4. The van der Waals surface area contributed by atoms with Gasteiger partial charge in [-0.2, -0.15) is 0 Å². The molecule has 0 aliphatic heterocycles. The van der Waals surface area contributed by atoms with Crippen LogP contribution in [-0.4, -0.2) is 21.8 Å². The molecule has 3 rings (SSSR count). The Hall–Kier alpha value is -3.65. The summed E-state index contributed by atoms with van der Waals surface area (Å²) in [6, 6.07) is 13.2. The van der Waals surface area contributed by atoms with E-state index in [-0.39, 0.29) is 36.2 Å². The number of aromatic nitrogens is 1. The van der Waals surface area contributed by atoms with Crippen molar-refractivity contribution in [2.24, 2.45) is 0 Å². The van der Waals surface area contributed by atoms with E-state index >= 15 is 0 Å². The van der Waals surface area contributed by atoms with Gasteiger partial charge in [0, 0.05) is 52.5 Å². The number of amides is 1. The van der Waals surface area contributed by atoms with Gasteiger partial charge in [-0.25, -0.2) is 9.37 Å². The normalized spacial score (nSPS) is 10.7. The zero-order valence-electron chi connectivity index (χ0n) is 18.7. The SMILES string of the molecule is CC(=O)CCCC(=O)NCc1ccc(-c2cc(Nc3ccc(Cl)cc3CF)ccc2O)nc1N. The Morgan fingerprint density at radius 1 is 1.09 bits per heavy atom. The van der Waals surface area contributed by atoms with E-state index in [1.54, 1.807) is 42.5 Å². The van der Waals surface area contributed by atoms with Crippen LogP contribution in [0.5, 0.6) is 5.75 Å². The summed E-state index contributed by atoms with van der Waals surface area (Å²) < 4.78 is 13.4. The molecule has 0 saturated heterocycles. The summed E-state index contributed by atoms with van der Waals surface area (Å²) >= 11 is 5.94. The van der Waals surface area contributed by atoms with Crippen molar-refractivity contribution in [3.63, 3.8) is 0 Å². The Morgan fingerprint density at radius 3 is 2.59 bits per heavy atom. The lowest BCUT2D eigenvalue weighted by Crippen LogP contribution is -2.23. The van der Waals surface area contributed by atoms with E-state index in [1.165, 1.54) is 13.0 Å². The van der Waals surface area contributed by atoms with E-state index in [0.717, 1.165) is 0 Å². The van der Waals surface area contributed by atoms with Gasteiger partial charge >= 0.3 is 0 Å². The maximum Gasteiger partial charge on any atom is 0.220 e. The van der Waals surface area contributed by atoms with Crippen molar-refractivity contribution in [2.45, 2.75) is 39.4 Å². The number of ketones is 1. The fourth-order valence-corrected chi connectivity index (χ4v) is 3.55. The van der Waals surface area contributed by atoms with Crippen molar-refractivity contribution in [3.05, 3.63) is 64.7 Å². The summed E-state index contributed by atoms with van der Waals surface area (Å²) in [6.45, 7) is 1.02. The van der Waals surface area contributed by atoms with Crippen molar-refractivity contribution in [1.29, 1.82) is 0 Å². The van der Waals surface area contributed by atoms with Crippen molar-refractivity contribution < 1.29 is 19.1 Å². The van der Waals surface area contributed by atoms with Gasteiger partial charge in [-0.3, -0.25) is 4.79 Å². The molecule has 5 N–H and O–H groups in total. The molecule has 3 aromatic rings. The number of hydrogen-bond donors (Lipinski definition) is 4. The molecule has 0 aliphatic rings. The quantitative estimate of drug-likeness (QED) is 0.291. The average molecular weight is 485 g/mol. The van der Waals surface area contributed by atoms with E-state index in [2.05, 4.69) is 15.6 Å². The van der Waals surface area contributed by atoms with Gasteiger partial charge < -0.3 is 26.3 Å². The van der Waals surface area contributed by atoms with Crippen LogP contribution in [0.25, 0.3) is 11.3 Å². The van der Waals surface area contributed by atoms with Gasteiger partial charge in [0.2, 0.25) is 5.91 Å². The number of hydrogen-bond acceptors (Lipinski definition) is 6. The second-order valence-electron chi connectivity index (χ2n) is 7.87. The molecule has 0 atom stereocenters. The number of carbonyl (C=O) groups is 2. The van der Waals surface area contributed by atoms with Gasteiger partial charge in [0.25, 0.3) is 0 Å². The molecule has 0 aliphatic carbocycles. The first-order valence-electron chi connectivity index (χ1n) is 10.7. The summed E-state index contributed by atoms with van der Waals surface area (Å²) in [5, 5.41) is 16.7. The van der Waals surface area contributed by atoms with Crippen molar-refractivity contribution in [1.82, 2.24) is 10.3 Å². The van der Waals surface area contributed by atoms with Crippen LogP contribution in [0.3, 0.4) is 0 Å². The first kappa shape index (κ1) is 25.0. The third-order valence-corrected chi connectivity index (χ3v) is 5.42. The predicted molar refractivity (Wildman–Crippen MR) is 132 cm³/mol. The fourth-order valence-electron chi connectivity index (χ4n) is 3.35. The zero-order valence-corrected chi connectivity index (χ0v) is 19.5. The number of phenols is 1. The van der Waals surface area contributed by atoms with E-state index in [0.29, 0.717) is 51.6 Å². The molecule has 1 amide bonds. The molecule has 34 heavy (non-hydrogen) atoms. The van der Waals surface area contributed by atoms with Crippen LogP contribution in [0, 0.1) is 0 Å². The van der Waals surface area contributed by atoms with Crippen LogP contribution >= 0.6 is 11.6 Å². The molecule has 1 heterocycles. The number of carbonyl (C=O) groups excluding carboxylic acids is 2. The van der Waals surface area contributed by atoms with Crippen molar-refractivity contribution in [3.8, 4) is 17.0 Å². The summed E-state index contributed by atoms with van der Waals surface area (Å²) in [7, 11) is 0. The third kappa shape index (κ3) is 6.68. The monoisotopic (exact) mass is 484 g/mol. The minimum atomic E-state index is -0.680. The summed E-state index contributed by atoms with van der Waals surface area (Å²) in [5.41, 5.74) is 9.19. The number of halogens is 2. The number of benzene rings is 2. The van der Waals surface area contributed by atoms with Crippen LogP contribution in [0.1, 0.15) is 37.3 Å². The summed E-state index contributed by atoms with van der Waals surface area (Å²) in [6.07, 6.45) is 1.13. The first-order valence-corrected chi connectivity index (χ1v) is 11.1. The lowest BCUT2D eigenvalue weighted by atomic mass is 10.1. The van der Waals surface area contributed by atoms with E-state index in [9.17, 15) is 19.1 Å². The molecule has 0 bridgehead atoms. The van der Waals surface area contributed by atoms with Gasteiger partial charge in [-0.15, -0.1) is 0 Å². The Kier molecular flexibility index (Phi) is 8.43. The maximum atomic E-state index is 13.4. The third-order valence-electron chi connectivity index (χ3n) is 5.18. The fraction of sp³-hybridized carbons (Fsp3) is 0.240. The number of nitrogen functional groups attached to an aromatic ring is 1. The van der Waals surface area contributed by atoms with Gasteiger partial charge in [-0.05, 0) is 55.8 Å². The number of nitrogens with zero attached hydrogens (tertiary/aromatic N) is 1. The molecule has 1 aromatic heterocycles.